The first-order valence-electron chi connectivity index (χ1n) is 19.6. The van der Waals surface area contributed by atoms with Crippen molar-refractivity contribution in [3.63, 3.8) is 0 Å². The summed E-state index contributed by atoms with van der Waals surface area (Å²) in [7, 11) is 0. The van der Waals surface area contributed by atoms with E-state index in [0.29, 0.717) is 34.7 Å². The van der Waals surface area contributed by atoms with Crippen molar-refractivity contribution < 1.29 is 0 Å². The van der Waals surface area contributed by atoms with Crippen LogP contribution in [0.15, 0.2) is 207 Å². The third-order valence-corrected chi connectivity index (χ3v) is 10.1. The van der Waals surface area contributed by atoms with Crippen molar-refractivity contribution in [3.05, 3.63) is 207 Å². The van der Waals surface area contributed by atoms with Gasteiger partial charge in [0.15, 0.2) is 23.3 Å². The van der Waals surface area contributed by atoms with Gasteiger partial charge in [-0.2, -0.15) is 0 Å². The first kappa shape index (κ1) is 36.0. The average molecular weight is 771 g/mol. The summed E-state index contributed by atoms with van der Waals surface area (Å²) < 4.78 is 0. The van der Waals surface area contributed by atoms with Gasteiger partial charge < -0.3 is 0 Å². The number of nitrogens with zero attached hydrogens (tertiary/aromatic N) is 8. The van der Waals surface area contributed by atoms with E-state index in [0.717, 1.165) is 67.3 Å². The highest BCUT2D eigenvalue weighted by Gasteiger charge is 2.16. The van der Waals surface area contributed by atoms with Crippen LogP contribution in [-0.2, 0) is 0 Å². The molecule has 10 rings (SSSR count). The van der Waals surface area contributed by atoms with Crippen LogP contribution in [0.1, 0.15) is 0 Å². The van der Waals surface area contributed by atoms with E-state index in [1.165, 1.54) is 0 Å². The molecule has 0 radical (unpaired) electrons. The minimum Gasteiger partial charge on any atom is -0.255 e. The number of hydrogen-bond donors (Lipinski definition) is 0. The monoisotopic (exact) mass is 770 g/mol. The first-order chi connectivity index (χ1) is 29.7. The molecule has 8 heteroatoms. The molecule has 0 atom stereocenters. The van der Waals surface area contributed by atoms with Crippen molar-refractivity contribution >= 4 is 0 Å². The lowest BCUT2D eigenvalue weighted by atomic mass is 10.00. The summed E-state index contributed by atoms with van der Waals surface area (Å²) in [5.41, 5.74) is 12.0. The van der Waals surface area contributed by atoms with E-state index in [1.54, 1.807) is 6.20 Å². The minimum absolute atomic E-state index is 0.580. The molecular weight excluding hydrogens is 737 g/mol. The molecule has 0 unspecified atom stereocenters. The molecule has 0 bridgehead atoms. The van der Waals surface area contributed by atoms with Gasteiger partial charge in [0, 0.05) is 45.8 Å². The Hall–Kier alpha value is -8.36. The largest absolute Gasteiger partial charge is 0.255 e. The number of benzene rings is 5. The normalized spacial score (nSPS) is 11.0. The van der Waals surface area contributed by atoms with Crippen LogP contribution in [-0.4, -0.2) is 39.9 Å². The van der Waals surface area contributed by atoms with Crippen LogP contribution in [0.4, 0.5) is 0 Å². The number of aromatic nitrogens is 8. The Balaban J connectivity index is 1.05. The topological polar surface area (TPSA) is 103 Å². The lowest BCUT2D eigenvalue weighted by Gasteiger charge is -2.12. The maximum Gasteiger partial charge on any atom is 0.164 e. The maximum atomic E-state index is 5.10. The Kier molecular flexibility index (Phi) is 9.75. The van der Waals surface area contributed by atoms with Crippen LogP contribution < -0.4 is 0 Å². The van der Waals surface area contributed by atoms with E-state index < -0.39 is 0 Å². The second-order valence-corrected chi connectivity index (χ2v) is 14.1. The maximum absolute atomic E-state index is 5.10. The highest BCUT2D eigenvalue weighted by molar-refractivity contribution is 5.79. The Morgan fingerprint density at radius 3 is 1.22 bits per heavy atom. The second-order valence-electron chi connectivity index (χ2n) is 14.1. The van der Waals surface area contributed by atoms with E-state index in [-0.39, 0.29) is 0 Å². The molecule has 0 aliphatic heterocycles. The molecule has 0 saturated heterocycles. The number of hydrogen-bond acceptors (Lipinski definition) is 8. The highest BCUT2D eigenvalue weighted by atomic mass is 15.0. The van der Waals surface area contributed by atoms with E-state index in [1.807, 2.05) is 164 Å². The van der Waals surface area contributed by atoms with Crippen LogP contribution in [0.2, 0.25) is 0 Å². The number of rotatable bonds is 9. The molecule has 0 N–H and O–H groups in total. The molecule has 0 spiro atoms. The molecule has 0 aliphatic carbocycles. The van der Waals surface area contributed by atoms with Crippen molar-refractivity contribution in [2.75, 3.05) is 0 Å². The Morgan fingerprint density at radius 2 is 0.683 bits per heavy atom. The summed E-state index contributed by atoms with van der Waals surface area (Å²) in [6.45, 7) is 0. The molecule has 0 amide bonds. The highest BCUT2D eigenvalue weighted by Crippen LogP contribution is 2.33. The molecule has 8 nitrogen and oxygen atoms in total. The van der Waals surface area contributed by atoms with Crippen molar-refractivity contribution in [2.24, 2.45) is 0 Å². The van der Waals surface area contributed by atoms with Crippen LogP contribution >= 0.6 is 0 Å². The van der Waals surface area contributed by atoms with Crippen molar-refractivity contribution in [2.45, 2.75) is 0 Å². The van der Waals surface area contributed by atoms with Crippen molar-refractivity contribution in [1.29, 1.82) is 0 Å². The fourth-order valence-electron chi connectivity index (χ4n) is 7.01. The summed E-state index contributed by atoms with van der Waals surface area (Å²) >= 11 is 0. The zero-order chi connectivity index (χ0) is 40.1. The molecule has 5 aromatic carbocycles. The van der Waals surface area contributed by atoms with Crippen molar-refractivity contribution in [1.82, 2.24) is 39.9 Å². The fourth-order valence-corrected chi connectivity index (χ4v) is 7.01. The molecule has 282 valence electrons. The SMILES string of the molecule is c1ccc(-c2cc(-c3ccc(-c4cc(-c5cccc(-c6nc(-c7ccccc7)nc(-c7ccccc7)n6)c5)cc(-c5ccccn5)n4)nc3)nc(-c3ccccc3)n2)cc1. The summed E-state index contributed by atoms with van der Waals surface area (Å²) in [5, 5.41) is 0. The Morgan fingerprint density at radius 1 is 0.217 bits per heavy atom. The summed E-state index contributed by atoms with van der Waals surface area (Å²) in [6, 6.07) is 64.5. The molecule has 0 saturated carbocycles. The lowest BCUT2D eigenvalue weighted by Crippen LogP contribution is -2.00. The Labute approximate surface area is 347 Å². The van der Waals surface area contributed by atoms with Gasteiger partial charge in [0.05, 0.1) is 34.2 Å². The first-order valence-corrected chi connectivity index (χ1v) is 19.6. The van der Waals surface area contributed by atoms with Gasteiger partial charge in [-0.15, -0.1) is 0 Å². The van der Waals surface area contributed by atoms with E-state index in [4.69, 9.17) is 34.9 Å². The average Bonchev–Trinajstić information content (AvgIpc) is 3.35. The zero-order valence-electron chi connectivity index (χ0n) is 32.2. The van der Waals surface area contributed by atoms with Crippen LogP contribution in [0.5, 0.6) is 0 Å². The van der Waals surface area contributed by atoms with E-state index in [9.17, 15) is 0 Å². The molecule has 60 heavy (non-hydrogen) atoms. The zero-order valence-corrected chi connectivity index (χ0v) is 32.2. The Bertz CT molecular complexity index is 2940. The molecule has 0 aliphatic rings. The molecule has 5 heterocycles. The van der Waals surface area contributed by atoms with Crippen LogP contribution in [0.3, 0.4) is 0 Å². The van der Waals surface area contributed by atoms with Gasteiger partial charge in [-0.05, 0) is 59.7 Å². The predicted molar refractivity (Wildman–Crippen MR) is 238 cm³/mol. The fraction of sp³-hybridized carbons (Fsp3) is 0. The molecule has 10 aromatic rings. The van der Waals surface area contributed by atoms with Gasteiger partial charge in [0.1, 0.15) is 0 Å². The lowest BCUT2D eigenvalue weighted by molar-refractivity contribution is 1.07. The predicted octanol–water partition coefficient (Wildman–Crippen LogP) is 11.8. The molecular formula is C52H34N8. The third kappa shape index (κ3) is 7.68. The third-order valence-electron chi connectivity index (χ3n) is 10.1. The van der Waals surface area contributed by atoms with Gasteiger partial charge >= 0.3 is 0 Å². The van der Waals surface area contributed by atoms with Gasteiger partial charge in [-0.3, -0.25) is 9.97 Å². The summed E-state index contributed by atoms with van der Waals surface area (Å²) in [4.78, 5) is 39.5. The van der Waals surface area contributed by atoms with Gasteiger partial charge in [0.2, 0.25) is 0 Å². The summed E-state index contributed by atoms with van der Waals surface area (Å²) in [6.07, 6.45) is 3.63. The summed E-state index contributed by atoms with van der Waals surface area (Å²) in [5.74, 6) is 2.45. The van der Waals surface area contributed by atoms with Crippen LogP contribution in [0, 0.1) is 0 Å². The quantitative estimate of drug-likeness (QED) is 0.143. The second kappa shape index (κ2) is 16.2. The van der Waals surface area contributed by atoms with Gasteiger partial charge in [-0.25, -0.2) is 29.9 Å². The van der Waals surface area contributed by atoms with Gasteiger partial charge in [0.25, 0.3) is 0 Å². The molecule has 5 aromatic heterocycles. The smallest absolute Gasteiger partial charge is 0.164 e. The van der Waals surface area contributed by atoms with Crippen LogP contribution in [0.25, 0.3) is 102 Å². The van der Waals surface area contributed by atoms with Gasteiger partial charge in [-0.1, -0.05) is 146 Å². The van der Waals surface area contributed by atoms with E-state index >= 15 is 0 Å². The van der Waals surface area contributed by atoms with Crippen molar-refractivity contribution in [3.8, 4) is 102 Å². The minimum atomic E-state index is 0.580. The number of pyridine rings is 3. The molecule has 0 fully saturated rings. The standard InChI is InChI=1S/C52H34N8/c1-5-16-35(17-6-1)45-33-46(57-49(56-45)36-18-7-2-8-19-36)41-27-28-44(54-34-41)48-32-42(31-47(55-48)43-26-13-14-29-53-43)39-24-15-25-40(30-39)52-59-50(37-20-9-3-10-21-37)58-51(60-52)38-22-11-4-12-23-38/h1-34H. The van der Waals surface area contributed by atoms with E-state index in [2.05, 4.69) is 41.4 Å².